The zero-order chi connectivity index (χ0) is 25.4. The van der Waals surface area contributed by atoms with Gasteiger partial charge in [0.2, 0.25) is 0 Å². The Hall–Kier alpha value is -4.01. The van der Waals surface area contributed by atoms with E-state index in [1.165, 1.54) is 0 Å². The van der Waals surface area contributed by atoms with Crippen LogP contribution in [0.3, 0.4) is 0 Å². The van der Waals surface area contributed by atoms with Crippen molar-refractivity contribution in [3.63, 3.8) is 0 Å². The van der Waals surface area contributed by atoms with E-state index in [9.17, 15) is 0 Å². The lowest BCUT2D eigenvalue weighted by atomic mass is 10.0. The SMILES string of the molecule is C[Si](C)(C)CCOCN1NC=CC1=C1C2=NC(=CC3=NC(=Cc4ccc([nH]4)C=C4C=CC1=N4)C=C3)C=C2. The monoisotopic (exact) mass is 506 g/mol. The van der Waals surface area contributed by atoms with Gasteiger partial charge in [-0.15, -0.1) is 0 Å². The Morgan fingerprint density at radius 3 is 2.14 bits per heavy atom. The first-order valence-electron chi connectivity index (χ1n) is 12.6. The third kappa shape index (κ3) is 5.25. The number of rotatable bonds is 5. The maximum absolute atomic E-state index is 6.07. The van der Waals surface area contributed by atoms with Gasteiger partial charge >= 0.3 is 0 Å². The maximum Gasteiger partial charge on any atom is 0.137 e. The van der Waals surface area contributed by atoms with Crippen molar-refractivity contribution in [2.24, 2.45) is 15.0 Å². The Bertz CT molecular complexity index is 1480. The summed E-state index contributed by atoms with van der Waals surface area (Å²) in [5.74, 6) is 0. The summed E-state index contributed by atoms with van der Waals surface area (Å²) in [7, 11) is -1.16. The van der Waals surface area contributed by atoms with E-state index >= 15 is 0 Å². The highest BCUT2D eigenvalue weighted by Gasteiger charge is 2.26. The Morgan fingerprint density at radius 2 is 1.43 bits per heavy atom. The van der Waals surface area contributed by atoms with E-state index in [1.807, 2.05) is 53.7 Å². The molecule has 6 heterocycles. The lowest BCUT2D eigenvalue weighted by molar-refractivity contribution is 0.0433. The summed E-state index contributed by atoms with van der Waals surface area (Å²) in [5, 5.41) is 2.02. The lowest BCUT2D eigenvalue weighted by Gasteiger charge is -2.24. The fraction of sp³-hybridized carbons (Fsp3) is 0.207. The van der Waals surface area contributed by atoms with E-state index in [0.717, 1.165) is 69.5 Å². The summed E-state index contributed by atoms with van der Waals surface area (Å²) in [6.07, 6.45) is 22.3. The van der Waals surface area contributed by atoms with Crippen LogP contribution in [0.25, 0.3) is 12.2 Å². The van der Waals surface area contributed by atoms with Gasteiger partial charge in [0.15, 0.2) is 0 Å². The number of hydrogen-bond donors (Lipinski definition) is 2. The Morgan fingerprint density at radius 1 is 0.784 bits per heavy atom. The standard InChI is InChI=1S/C29H30N6OSi/c1-37(2,3)15-14-36-19-35-28(12-13-30-35)29-26-10-8-24(33-26)17-22-6-4-20(31-22)16-21-5-7-23(32-21)18-25-9-11-27(29)34-25/h4-13,16-18,30-31H,14-15,19H2,1-3H3. The number of allylic oxidation sites excluding steroid dienone is 9. The zero-order valence-corrected chi connectivity index (χ0v) is 22.3. The molecular formula is C29H30N6OSi. The third-order valence-corrected chi connectivity index (χ3v) is 8.09. The predicted octanol–water partition coefficient (Wildman–Crippen LogP) is 5.53. The minimum absolute atomic E-state index is 0.442. The van der Waals surface area contributed by atoms with E-state index in [-0.39, 0.29) is 0 Å². The van der Waals surface area contributed by atoms with Gasteiger partial charge in [0.05, 0.1) is 45.5 Å². The molecule has 6 rings (SSSR count). The summed E-state index contributed by atoms with van der Waals surface area (Å²) >= 11 is 0. The number of hydrazine groups is 1. The van der Waals surface area contributed by atoms with Crippen LogP contribution in [0.1, 0.15) is 11.4 Å². The average Bonchev–Trinajstić information content (AvgIpc) is 3.66. The molecule has 0 saturated heterocycles. The van der Waals surface area contributed by atoms with Crippen LogP contribution < -0.4 is 5.43 Å². The first kappa shape index (κ1) is 23.4. The van der Waals surface area contributed by atoms with Crippen LogP contribution in [-0.4, -0.2) is 48.5 Å². The largest absolute Gasteiger partial charge is 0.360 e. The van der Waals surface area contributed by atoms with Gasteiger partial charge in [-0.2, -0.15) is 0 Å². The van der Waals surface area contributed by atoms with E-state index in [4.69, 9.17) is 19.7 Å². The number of H-pyrrole nitrogens is 1. The number of aromatic amines is 1. The Balaban J connectivity index is 1.40. The van der Waals surface area contributed by atoms with E-state index < -0.39 is 8.07 Å². The number of nitrogens with zero attached hydrogens (tertiary/aromatic N) is 4. The molecule has 5 aliphatic rings. The van der Waals surface area contributed by atoms with E-state index in [1.54, 1.807) is 0 Å². The van der Waals surface area contributed by atoms with Gasteiger partial charge in [0, 0.05) is 32.3 Å². The summed E-state index contributed by atoms with van der Waals surface area (Å²) in [6.45, 7) is 8.28. The smallest absolute Gasteiger partial charge is 0.137 e. The van der Waals surface area contributed by atoms with Crippen LogP contribution in [0.2, 0.25) is 25.7 Å². The van der Waals surface area contributed by atoms with Crippen LogP contribution in [-0.2, 0) is 4.74 Å². The molecule has 8 heteroatoms. The number of ether oxygens (including phenoxy) is 1. The molecule has 0 spiro atoms. The fourth-order valence-corrected chi connectivity index (χ4v) is 5.19. The molecule has 186 valence electrons. The van der Waals surface area contributed by atoms with Gasteiger partial charge in [0.1, 0.15) is 6.73 Å². The van der Waals surface area contributed by atoms with Gasteiger partial charge in [0.25, 0.3) is 0 Å². The maximum atomic E-state index is 6.07. The molecule has 0 radical (unpaired) electrons. The highest BCUT2D eigenvalue weighted by molar-refractivity contribution is 6.76. The number of fused-ring (bicyclic) bond motifs is 5. The van der Waals surface area contributed by atoms with Gasteiger partial charge in [-0.3, -0.25) is 5.01 Å². The van der Waals surface area contributed by atoms with Crippen molar-refractivity contribution in [2.75, 3.05) is 13.3 Å². The summed E-state index contributed by atoms with van der Waals surface area (Å²) < 4.78 is 6.07. The van der Waals surface area contributed by atoms with Crippen molar-refractivity contribution < 1.29 is 4.74 Å². The summed E-state index contributed by atoms with van der Waals surface area (Å²) in [4.78, 5) is 18.1. The van der Waals surface area contributed by atoms with Crippen LogP contribution in [0.5, 0.6) is 0 Å². The third-order valence-electron chi connectivity index (χ3n) is 6.39. The number of aliphatic imine (C=N–C) groups is 3. The van der Waals surface area contributed by atoms with Crippen molar-refractivity contribution in [1.29, 1.82) is 0 Å². The van der Waals surface area contributed by atoms with Crippen molar-refractivity contribution in [1.82, 2.24) is 15.4 Å². The Labute approximate surface area is 218 Å². The molecule has 1 aromatic rings. The highest BCUT2D eigenvalue weighted by Crippen LogP contribution is 2.28. The number of hydrogen-bond acceptors (Lipinski definition) is 6. The Kier molecular flexibility index (Phi) is 5.98. The van der Waals surface area contributed by atoms with Gasteiger partial charge in [-0.25, -0.2) is 15.0 Å². The second kappa shape index (κ2) is 9.46. The predicted molar refractivity (Wildman–Crippen MR) is 155 cm³/mol. The first-order valence-corrected chi connectivity index (χ1v) is 16.3. The van der Waals surface area contributed by atoms with Crippen LogP contribution in [0.4, 0.5) is 0 Å². The van der Waals surface area contributed by atoms with Crippen LogP contribution in [0, 0.1) is 0 Å². The van der Waals surface area contributed by atoms with Gasteiger partial charge < -0.3 is 15.1 Å². The molecule has 0 atom stereocenters. The lowest BCUT2D eigenvalue weighted by Crippen LogP contribution is -2.34. The second-order valence-corrected chi connectivity index (χ2v) is 16.2. The topological polar surface area (TPSA) is 77.4 Å². The molecule has 37 heavy (non-hydrogen) atoms. The summed E-state index contributed by atoms with van der Waals surface area (Å²) in [6, 6.07) is 5.24. The molecule has 0 fully saturated rings. The molecule has 0 aliphatic carbocycles. The van der Waals surface area contributed by atoms with Gasteiger partial charge in [-0.1, -0.05) is 19.6 Å². The van der Waals surface area contributed by atoms with E-state index in [0.29, 0.717) is 6.73 Å². The molecule has 0 aromatic carbocycles. The molecule has 0 unspecified atom stereocenters. The van der Waals surface area contributed by atoms with Gasteiger partial charge in [-0.05, 0) is 78.9 Å². The molecular weight excluding hydrogens is 476 g/mol. The van der Waals surface area contributed by atoms with Crippen LogP contribution >= 0.6 is 0 Å². The van der Waals surface area contributed by atoms with Crippen molar-refractivity contribution in [3.05, 3.63) is 107 Å². The van der Waals surface area contributed by atoms with Crippen molar-refractivity contribution >= 4 is 37.4 Å². The van der Waals surface area contributed by atoms with E-state index in [2.05, 4.69) is 60.4 Å². The first-order chi connectivity index (χ1) is 17.9. The van der Waals surface area contributed by atoms with Crippen LogP contribution in [0.15, 0.2) is 110 Å². The molecule has 5 aliphatic heterocycles. The highest BCUT2D eigenvalue weighted by atomic mass is 28.3. The number of aromatic nitrogens is 1. The molecule has 0 saturated carbocycles. The zero-order valence-electron chi connectivity index (χ0n) is 21.3. The fourth-order valence-electron chi connectivity index (χ4n) is 4.44. The molecule has 7 nitrogen and oxygen atoms in total. The number of nitrogens with one attached hydrogen (secondary N) is 2. The molecule has 2 N–H and O–H groups in total. The minimum Gasteiger partial charge on any atom is -0.360 e. The molecule has 8 bridgehead atoms. The second-order valence-electron chi connectivity index (χ2n) is 10.6. The summed E-state index contributed by atoms with van der Waals surface area (Å²) in [5.41, 5.74) is 12.5. The van der Waals surface area contributed by atoms with Crippen molar-refractivity contribution in [2.45, 2.75) is 25.7 Å². The quantitative estimate of drug-likeness (QED) is 0.407. The minimum atomic E-state index is -1.16. The molecule has 0 amide bonds. The van der Waals surface area contributed by atoms with Crippen molar-refractivity contribution in [3.8, 4) is 0 Å². The normalized spacial score (nSPS) is 21.6. The molecule has 1 aromatic heterocycles. The average molecular weight is 507 g/mol.